The van der Waals surface area contributed by atoms with Crippen LogP contribution in [-0.4, -0.2) is 31.3 Å². The summed E-state index contributed by atoms with van der Waals surface area (Å²) >= 11 is 3.46. The number of alkyl halides is 1. The van der Waals surface area contributed by atoms with Gasteiger partial charge in [0.15, 0.2) is 0 Å². The van der Waals surface area contributed by atoms with Crippen molar-refractivity contribution in [3.63, 3.8) is 0 Å². The topological polar surface area (TPSA) is 18.5 Å². The van der Waals surface area contributed by atoms with Crippen molar-refractivity contribution < 1.29 is 9.47 Å². The van der Waals surface area contributed by atoms with Gasteiger partial charge in [0.05, 0.1) is 19.3 Å². The minimum Gasteiger partial charge on any atom is -0.381 e. The number of halogens is 1. The van der Waals surface area contributed by atoms with Crippen molar-refractivity contribution in [1.29, 1.82) is 0 Å². The fourth-order valence-electron chi connectivity index (χ4n) is 2.18. The van der Waals surface area contributed by atoms with Crippen LogP contribution in [0.25, 0.3) is 0 Å². The summed E-state index contributed by atoms with van der Waals surface area (Å²) in [6.45, 7) is 2.76. The summed E-state index contributed by atoms with van der Waals surface area (Å²) in [7, 11) is 0. The molecule has 0 N–H and O–H groups in total. The highest BCUT2D eigenvalue weighted by molar-refractivity contribution is 9.09. The van der Waals surface area contributed by atoms with E-state index >= 15 is 0 Å². The van der Waals surface area contributed by atoms with Crippen LogP contribution in [0, 0.1) is 5.41 Å². The Bertz CT molecular complexity index is 155. The first-order valence-corrected chi connectivity index (χ1v) is 5.72. The van der Waals surface area contributed by atoms with E-state index in [1.165, 1.54) is 19.3 Å². The molecule has 2 saturated heterocycles. The van der Waals surface area contributed by atoms with Crippen LogP contribution in [0.1, 0.15) is 19.3 Å². The van der Waals surface area contributed by atoms with Crippen molar-refractivity contribution in [2.75, 3.05) is 25.2 Å². The lowest BCUT2D eigenvalue weighted by molar-refractivity contribution is -0.0132. The van der Waals surface area contributed by atoms with Gasteiger partial charge in [0, 0.05) is 17.4 Å². The van der Waals surface area contributed by atoms with Gasteiger partial charge < -0.3 is 9.47 Å². The van der Waals surface area contributed by atoms with Crippen LogP contribution in [0.5, 0.6) is 0 Å². The number of ether oxygens (including phenoxy) is 2. The Hall–Kier alpha value is 0.400. The maximum Gasteiger partial charge on any atom is 0.0679 e. The summed E-state index contributed by atoms with van der Waals surface area (Å²) in [4.78, 5) is 0. The second kappa shape index (κ2) is 3.64. The Labute approximate surface area is 81.7 Å². The van der Waals surface area contributed by atoms with Crippen LogP contribution < -0.4 is 0 Å². The van der Waals surface area contributed by atoms with Gasteiger partial charge in [-0.25, -0.2) is 0 Å². The largest absolute Gasteiger partial charge is 0.381 e. The standard InChI is InChI=1S/C9H15BrO2/c10-5-8-4-9(7-12-8)2-1-3-11-6-9/h8H,1-7H2. The summed E-state index contributed by atoms with van der Waals surface area (Å²) in [5.74, 6) is 0. The molecule has 0 amide bonds. The van der Waals surface area contributed by atoms with Crippen molar-refractivity contribution in [3.05, 3.63) is 0 Å². The third-order valence-corrected chi connectivity index (χ3v) is 3.58. The highest BCUT2D eigenvalue weighted by atomic mass is 79.9. The van der Waals surface area contributed by atoms with Gasteiger partial charge in [0.25, 0.3) is 0 Å². The molecule has 1 spiro atoms. The molecule has 12 heavy (non-hydrogen) atoms. The highest BCUT2D eigenvalue weighted by Crippen LogP contribution is 2.39. The van der Waals surface area contributed by atoms with Gasteiger partial charge in [-0.1, -0.05) is 15.9 Å². The lowest BCUT2D eigenvalue weighted by Crippen LogP contribution is -2.32. The molecule has 2 nitrogen and oxygen atoms in total. The van der Waals surface area contributed by atoms with E-state index in [4.69, 9.17) is 9.47 Å². The molecule has 2 heterocycles. The van der Waals surface area contributed by atoms with E-state index in [9.17, 15) is 0 Å². The Balaban J connectivity index is 1.94. The molecular weight excluding hydrogens is 220 g/mol. The van der Waals surface area contributed by atoms with Gasteiger partial charge in [-0.2, -0.15) is 0 Å². The van der Waals surface area contributed by atoms with Crippen molar-refractivity contribution >= 4 is 15.9 Å². The van der Waals surface area contributed by atoms with Gasteiger partial charge >= 0.3 is 0 Å². The van der Waals surface area contributed by atoms with Crippen LogP contribution >= 0.6 is 15.9 Å². The predicted octanol–water partition coefficient (Wildman–Crippen LogP) is 1.97. The van der Waals surface area contributed by atoms with Crippen molar-refractivity contribution in [2.24, 2.45) is 5.41 Å². The predicted molar refractivity (Wildman–Crippen MR) is 50.6 cm³/mol. The zero-order valence-corrected chi connectivity index (χ0v) is 8.81. The molecule has 2 fully saturated rings. The third kappa shape index (κ3) is 1.68. The molecule has 2 rings (SSSR count). The monoisotopic (exact) mass is 234 g/mol. The normalized spacial score (nSPS) is 42.2. The van der Waals surface area contributed by atoms with Crippen LogP contribution in [-0.2, 0) is 9.47 Å². The molecule has 0 aromatic heterocycles. The number of hydrogen-bond donors (Lipinski definition) is 0. The summed E-state index contributed by atoms with van der Waals surface area (Å²) < 4.78 is 11.2. The molecule has 2 unspecified atom stereocenters. The van der Waals surface area contributed by atoms with Crippen molar-refractivity contribution in [3.8, 4) is 0 Å². The number of rotatable bonds is 1. The molecular formula is C9H15BrO2. The second-order valence-corrected chi connectivity index (χ2v) is 4.60. The SMILES string of the molecule is BrCC1CC2(CCCOC2)CO1. The van der Waals surface area contributed by atoms with Gasteiger partial charge in [-0.15, -0.1) is 0 Å². The smallest absolute Gasteiger partial charge is 0.0679 e. The Morgan fingerprint density at radius 2 is 2.33 bits per heavy atom. The maximum atomic E-state index is 5.67. The van der Waals surface area contributed by atoms with E-state index in [1.54, 1.807) is 0 Å². The molecule has 2 aliphatic heterocycles. The van der Waals surface area contributed by atoms with E-state index in [0.717, 1.165) is 25.2 Å². The molecule has 70 valence electrons. The molecule has 0 aromatic rings. The zero-order chi connectivity index (χ0) is 8.44. The van der Waals surface area contributed by atoms with Gasteiger partial charge in [0.1, 0.15) is 0 Å². The average molecular weight is 235 g/mol. The Morgan fingerprint density at radius 1 is 1.42 bits per heavy atom. The van der Waals surface area contributed by atoms with Crippen LogP contribution in [0.15, 0.2) is 0 Å². The lowest BCUT2D eigenvalue weighted by atomic mass is 9.81. The van der Waals surface area contributed by atoms with Crippen molar-refractivity contribution in [2.45, 2.75) is 25.4 Å². The Morgan fingerprint density at radius 3 is 2.92 bits per heavy atom. The third-order valence-electron chi connectivity index (χ3n) is 2.86. The van der Waals surface area contributed by atoms with E-state index in [1.807, 2.05) is 0 Å². The van der Waals surface area contributed by atoms with Crippen LogP contribution in [0.4, 0.5) is 0 Å². The molecule has 2 atom stereocenters. The maximum absolute atomic E-state index is 5.67. The second-order valence-electron chi connectivity index (χ2n) is 3.95. The van der Waals surface area contributed by atoms with Crippen LogP contribution in [0.3, 0.4) is 0 Å². The summed E-state index contributed by atoms with van der Waals surface area (Å²) in [5.41, 5.74) is 0.372. The first-order chi connectivity index (χ1) is 5.85. The number of hydrogen-bond acceptors (Lipinski definition) is 2. The fourth-order valence-corrected chi connectivity index (χ4v) is 2.60. The zero-order valence-electron chi connectivity index (χ0n) is 7.22. The average Bonchev–Trinajstić information content (AvgIpc) is 2.50. The Kier molecular flexibility index (Phi) is 2.72. The summed E-state index contributed by atoms with van der Waals surface area (Å²) in [5, 5.41) is 0.967. The van der Waals surface area contributed by atoms with Crippen molar-refractivity contribution in [1.82, 2.24) is 0 Å². The van der Waals surface area contributed by atoms with E-state index in [-0.39, 0.29) is 0 Å². The lowest BCUT2D eigenvalue weighted by Gasteiger charge is -2.31. The molecule has 3 heteroatoms. The molecule has 0 bridgehead atoms. The highest BCUT2D eigenvalue weighted by Gasteiger charge is 2.41. The minimum atomic E-state index is 0.372. The summed E-state index contributed by atoms with van der Waals surface area (Å²) in [6, 6.07) is 0. The van der Waals surface area contributed by atoms with Gasteiger partial charge in [0.2, 0.25) is 0 Å². The van der Waals surface area contributed by atoms with E-state index < -0.39 is 0 Å². The van der Waals surface area contributed by atoms with Gasteiger partial charge in [-0.05, 0) is 19.3 Å². The molecule has 0 saturated carbocycles. The quantitative estimate of drug-likeness (QED) is 0.647. The fraction of sp³-hybridized carbons (Fsp3) is 1.00. The first-order valence-electron chi connectivity index (χ1n) is 4.60. The first kappa shape index (κ1) is 8.97. The summed E-state index contributed by atoms with van der Waals surface area (Å²) in [6.07, 6.45) is 4.10. The molecule has 0 aliphatic carbocycles. The van der Waals surface area contributed by atoms with Gasteiger partial charge in [-0.3, -0.25) is 0 Å². The minimum absolute atomic E-state index is 0.372. The van der Waals surface area contributed by atoms with E-state index in [2.05, 4.69) is 15.9 Å². The van der Waals surface area contributed by atoms with E-state index in [0.29, 0.717) is 11.5 Å². The molecule has 2 aliphatic rings. The molecule has 0 aromatic carbocycles. The van der Waals surface area contributed by atoms with Crippen LogP contribution in [0.2, 0.25) is 0 Å². The molecule has 0 radical (unpaired) electrons.